The number of piperidine rings is 1. The first-order chi connectivity index (χ1) is 8.14. The second-order valence-electron chi connectivity index (χ2n) is 5.53. The van der Waals surface area contributed by atoms with Crippen LogP contribution in [0.15, 0.2) is 0 Å². The van der Waals surface area contributed by atoms with Gasteiger partial charge in [-0.05, 0) is 32.6 Å². The first-order valence-corrected chi connectivity index (χ1v) is 9.44. The van der Waals surface area contributed by atoms with Crippen LogP contribution in [-0.2, 0) is 20.0 Å². The van der Waals surface area contributed by atoms with Gasteiger partial charge in [0.2, 0.25) is 20.0 Å². The predicted octanol–water partition coefficient (Wildman–Crippen LogP) is -0.118. The number of nitrogens with zero attached hydrogens (tertiary/aromatic N) is 1. The highest BCUT2D eigenvalue weighted by atomic mass is 32.2. The molecule has 0 radical (unpaired) electrons. The van der Waals surface area contributed by atoms with Crippen LogP contribution in [-0.4, -0.2) is 51.3 Å². The molecule has 1 unspecified atom stereocenters. The SMILES string of the molecule is CC1(S(=O)(=O)NC2CCCN(S(C)(=O)=O)C2)CC1. The fourth-order valence-electron chi connectivity index (χ4n) is 2.15. The van der Waals surface area contributed by atoms with Crippen molar-refractivity contribution in [3.63, 3.8) is 0 Å². The van der Waals surface area contributed by atoms with Crippen LogP contribution < -0.4 is 4.72 Å². The van der Waals surface area contributed by atoms with E-state index >= 15 is 0 Å². The second kappa shape index (κ2) is 4.43. The van der Waals surface area contributed by atoms with Gasteiger partial charge in [0.25, 0.3) is 0 Å². The molecule has 1 atom stereocenters. The molecular weight excluding hydrogens is 276 g/mol. The quantitative estimate of drug-likeness (QED) is 0.784. The molecule has 6 nitrogen and oxygen atoms in total. The Bertz CT molecular complexity index is 522. The Morgan fingerprint density at radius 1 is 1.22 bits per heavy atom. The van der Waals surface area contributed by atoms with Gasteiger partial charge >= 0.3 is 0 Å². The summed E-state index contributed by atoms with van der Waals surface area (Å²) in [5.74, 6) is 0. The van der Waals surface area contributed by atoms with E-state index in [4.69, 9.17) is 0 Å². The van der Waals surface area contributed by atoms with Gasteiger partial charge in [0.15, 0.2) is 0 Å². The van der Waals surface area contributed by atoms with Crippen molar-refractivity contribution < 1.29 is 16.8 Å². The molecule has 1 saturated heterocycles. The van der Waals surface area contributed by atoms with Crippen molar-refractivity contribution in [3.05, 3.63) is 0 Å². The van der Waals surface area contributed by atoms with Gasteiger partial charge in [0, 0.05) is 19.1 Å². The maximum absolute atomic E-state index is 12.1. The molecule has 0 aromatic carbocycles. The van der Waals surface area contributed by atoms with Crippen molar-refractivity contribution in [2.24, 2.45) is 0 Å². The Balaban J connectivity index is 2.03. The van der Waals surface area contributed by atoms with E-state index in [2.05, 4.69) is 4.72 Å². The van der Waals surface area contributed by atoms with Crippen LogP contribution >= 0.6 is 0 Å². The number of rotatable bonds is 4. The van der Waals surface area contributed by atoms with E-state index in [1.165, 1.54) is 4.31 Å². The summed E-state index contributed by atoms with van der Waals surface area (Å²) in [7, 11) is -6.56. The minimum atomic E-state index is -3.33. The van der Waals surface area contributed by atoms with Crippen molar-refractivity contribution in [1.29, 1.82) is 0 Å². The summed E-state index contributed by atoms with van der Waals surface area (Å²) in [6, 6.07) is -0.295. The molecule has 8 heteroatoms. The largest absolute Gasteiger partial charge is 0.217 e. The minimum absolute atomic E-state index is 0.244. The molecule has 2 aliphatic rings. The first-order valence-electron chi connectivity index (χ1n) is 6.11. The van der Waals surface area contributed by atoms with E-state index in [1.54, 1.807) is 6.92 Å². The third kappa shape index (κ3) is 2.87. The Morgan fingerprint density at radius 2 is 1.83 bits per heavy atom. The smallest absolute Gasteiger partial charge is 0.213 e. The van der Waals surface area contributed by atoms with E-state index in [-0.39, 0.29) is 12.6 Å². The average molecular weight is 296 g/mol. The van der Waals surface area contributed by atoms with E-state index in [9.17, 15) is 16.8 Å². The summed E-state index contributed by atoms with van der Waals surface area (Å²) in [6.45, 7) is 2.45. The van der Waals surface area contributed by atoms with Crippen molar-refractivity contribution in [2.45, 2.75) is 43.4 Å². The Kier molecular flexibility index (Phi) is 3.50. The van der Waals surface area contributed by atoms with Gasteiger partial charge in [0.1, 0.15) is 0 Å². The molecule has 0 aromatic heterocycles. The van der Waals surface area contributed by atoms with Crippen LogP contribution in [0.5, 0.6) is 0 Å². The topological polar surface area (TPSA) is 83.6 Å². The maximum atomic E-state index is 12.1. The predicted molar refractivity (Wildman–Crippen MR) is 69.1 cm³/mol. The van der Waals surface area contributed by atoms with Crippen molar-refractivity contribution in [3.8, 4) is 0 Å². The van der Waals surface area contributed by atoms with Gasteiger partial charge in [-0.1, -0.05) is 0 Å². The molecule has 0 bridgehead atoms. The lowest BCUT2D eigenvalue weighted by Crippen LogP contribution is -2.51. The van der Waals surface area contributed by atoms with E-state index < -0.39 is 24.8 Å². The van der Waals surface area contributed by atoms with Gasteiger partial charge in [-0.3, -0.25) is 0 Å². The maximum Gasteiger partial charge on any atom is 0.217 e. The summed E-state index contributed by atoms with van der Waals surface area (Å²) in [6.07, 6.45) is 3.92. The molecule has 0 amide bonds. The number of hydrogen-bond acceptors (Lipinski definition) is 4. The third-order valence-electron chi connectivity index (χ3n) is 3.78. The van der Waals surface area contributed by atoms with Gasteiger partial charge in [0.05, 0.1) is 11.0 Å². The van der Waals surface area contributed by atoms with E-state index in [0.717, 1.165) is 6.26 Å². The highest BCUT2D eigenvalue weighted by Crippen LogP contribution is 2.42. The monoisotopic (exact) mass is 296 g/mol. The zero-order chi connectivity index (χ0) is 13.6. The summed E-state index contributed by atoms with van der Waals surface area (Å²) < 4.78 is 50.4. The molecule has 106 valence electrons. The molecule has 0 aromatic rings. The molecule has 0 spiro atoms. The summed E-state index contributed by atoms with van der Waals surface area (Å²) in [5.41, 5.74) is 0. The van der Waals surface area contributed by atoms with Crippen molar-refractivity contribution in [1.82, 2.24) is 9.03 Å². The third-order valence-corrected chi connectivity index (χ3v) is 7.40. The average Bonchev–Trinajstić information content (AvgIpc) is 2.97. The zero-order valence-electron chi connectivity index (χ0n) is 10.7. The summed E-state index contributed by atoms with van der Waals surface area (Å²) >= 11 is 0. The van der Waals surface area contributed by atoms with Crippen LogP contribution in [0.2, 0.25) is 0 Å². The molecule has 2 fully saturated rings. The molecule has 1 aliphatic carbocycles. The van der Waals surface area contributed by atoms with Crippen LogP contribution in [0.3, 0.4) is 0 Å². The summed E-state index contributed by atoms with van der Waals surface area (Å²) in [5, 5.41) is 0. The Hall–Kier alpha value is -0.180. The molecule has 2 rings (SSSR count). The standard InChI is InChI=1S/C10H20N2O4S2/c1-10(5-6-10)18(15,16)11-9-4-3-7-12(8-9)17(2,13)14/h9,11H,3-8H2,1-2H3. The number of hydrogen-bond donors (Lipinski definition) is 1. The number of nitrogens with one attached hydrogen (secondary N) is 1. The fourth-order valence-corrected chi connectivity index (χ4v) is 4.61. The molecular formula is C10H20N2O4S2. The van der Waals surface area contributed by atoms with Gasteiger partial charge < -0.3 is 0 Å². The molecule has 1 aliphatic heterocycles. The molecule has 18 heavy (non-hydrogen) atoms. The Labute approximate surface area is 109 Å². The highest BCUT2D eigenvalue weighted by Gasteiger charge is 2.50. The fraction of sp³-hybridized carbons (Fsp3) is 1.00. The van der Waals surface area contributed by atoms with E-state index in [0.29, 0.717) is 32.2 Å². The summed E-state index contributed by atoms with van der Waals surface area (Å²) in [4.78, 5) is 0. The van der Waals surface area contributed by atoms with Crippen LogP contribution in [0, 0.1) is 0 Å². The molecule has 1 N–H and O–H groups in total. The lowest BCUT2D eigenvalue weighted by atomic mass is 10.1. The molecule has 1 saturated carbocycles. The molecule has 1 heterocycles. The van der Waals surface area contributed by atoms with Crippen molar-refractivity contribution >= 4 is 20.0 Å². The van der Waals surface area contributed by atoms with Crippen LogP contribution in [0.1, 0.15) is 32.6 Å². The first kappa shape index (κ1) is 14.2. The normalized spacial score (nSPS) is 29.1. The zero-order valence-corrected chi connectivity index (χ0v) is 12.3. The Morgan fingerprint density at radius 3 is 2.33 bits per heavy atom. The highest BCUT2D eigenvalue weighted by molar-refractivity contribution is 7.91. The number of sulfonamides is 2. The van der Waals surface area contributed by atoms with Gasteiger partial charge in [-0.15, -0.1) is 0 Å². The lowest BCUT2D eigenvalue weighted by Gasteiger charge is -2.31. The minimum Gasteiger partial charge on any atom is -0.213 e. The van der Waals surface area contributed by atoms with Crippen LogP contribution in [0.4, 0.5) is 0 Å². The van der Waals surface area contributed by atoms with Crippen molar-refractivity contribution in [2.75, 3.05) is 19.3 Å². The van der Waals surface area contributed by atoms with Crippen LogP contribution in [0.25, 0.3) is 0 Å². The van der Waals surface area contributed by atoms with E-state index in [1.807, 2.05) is 0 Å². The van der Waals surface area contributed by atoms with Gasteiger partial charge in [-0.25, -0.2) is 25.9 Å². The van der Waals surface area contributed by atoms with Gasteiger partial charge in [-0.2, -0.15) is 0 Å². The lowest BCUT2D eigenvalue weighted by molar-refractivity contribution is 0.304. The second-order valence-corrected chi connectivity index (χ2v) is 9.74.